The molecule has 0 saturated carbocycles. The van der Waals surface area contributed by atoms with Gasteiger partial charge in [0.15, 0.2) is 0 Å². The van der Waals surface area contributed by atoms with E-state index in [4.69, 9.17) is 0 Å². The standard InChI is InChI=1S/C12H24/c1-5-7-8-9-10-11-12(3,4)6-2/h6H,2,5,7-11H2,1,3-4H3. The van der Waals surface area contributed by atoms with Crippen LogP contribution < -0.4 is 0 Å². The Labute approximate surface area is 78.1 Å². The lowest BCUT2D eigenvalue weighted by atomic mass is 9.87. The van der Waals surface area contributed by atoms with Crippen molar-refractivity contribution in [3.05, 3.63) is 12.7 Å². The number of hydrogen-bond acceptors (Lipinski definition) is 0. The third-order valence-electron chi connectivity index (χ3n) is 2.48. The lowest BCUT2D eigenvalue weighted by Gasteiger charge is -2.18. The first-order valence-electron chi connectivity index (χ1n) is 5.26. The molecule has 0 bridgehead atoms. The van der Waals surface area contributed by atoms with Gasteiger partial charge in [-0.25, -0.2) is 0 Å². The first-order chi connectivity index (χ1) is 5.62. The smallest absolute Gasteiger partial charge is 0.0178 e. The van der Waals surface area contributed by atoms with Crippen molar-refractivity contribution in [3.63, 3.8) is 0 Å². The van der Waals surface area contributed by atoms with Crippen LogP contribution in [0, 0.1) is 5.41 Å². The number of unbranched alkanes of at least 4 members (excludes halogenated alkanes) is 4. The minimum absolute atomic E-state index is 0.353. The van der Waals surface area contributed by atoms with Crippen LogP contribution >= 0.6 is 0 Å². The van der Waals surface area contributed by atoms with E-state index in [9.17, 15) is 0 Å². The fourth-order valence-corrected chi connectivity index (χ4v) is 1.29. The molecule has 12 heavy (non-hydrogen) atoms. The van der Waals surface area contributed by atoms with Crippen molar-refractivity contribution in [1.82, 2.24) is 0 Å². The molecule has 0 aliphatic rings. The van der Waals surface area contributed by atoms with Gasteiger partial charge in [0.1, 0.15) is 0 Å². The zero-order valence-electron chi connectivity index (χ0n) is 9.03. The molecule has 0 heteroatoms. The van der Waals surface area contributed by atoms with Crippen LogP contribution in [0.5, 0.6) is 0 Å². The number of hydrogen-bond donors (Lipinski definition) is 0. The third kappa shape index (κ3) is 6.45. The van der Waals surface area contributed by atoms with E-state index in [0.29, 0.717) is 5.41 Å². The summed E-state index contributed by atoms with van der Waals surface area (Å²) in [7, 11) is 0. The van der Waals surface area contributed by atoms with Crippen molar-refractivity contribution >= 4 is 0 Å². The molecule has 0 fully saturated rings. The third-order valence-corrected chi connectivity index (χ3v) is 2.48. The summed E-state index contributed by atoms with van der Waals surface area (Å²) >= 11 is 0. The highest BCUT2D eigenvalue weighted by Crippen LogP contribution is 2.24. The van der Waals surface area contributed by atoms with Gasteiger partial charge in [-0.2, -0.15) is 0 Å². The van der Waals surface area contributed by atoms with Gasteiger partial charge in [0, 0.05) is 0 Å². The largest absolute Gasteiger partial charge is 0.103 e. The molecule has 0 aromatic carbocycles. The van der Waals surface area contributed by atoms with Gasteiger partial charge in [-0.1, -0.05) is 59.0 Å². The molecule has 0 amide bonds. The number of allylic oxidation sites excluding steroid dienone is 1. The molecule has 0 heterocycles. The molecule has 0 aliphatic heterocycles. The van der Waals surface area contributed by atoms with Crippen LogP contribution in [0.4, 0.5) is 0 Å². The molecule has 0 saturated heterocycles. The van der Waals surface area contributed by atoms with Crippen LogP contribution in [0.25, 0.3) is 0 Å². The van der Waals surface area contributed by atoms with E-state index in [1.54, 1.807) is 0 Å². The van der Waals surface area contributed by atoms with Gasteiger partial charge in [0.05, 0.1) is 0 Å². The Morgan fingerprint density at radius 1 is 1.08 bits per heavy atom. The van der Waals surface area contributed by atoms with Crippen molar-refractivity contribution in [2.75, 3.05) is 0 Å². The van der Waals surface area contributed by atoms with Crippen LogP contribution in [-0.2, 0) is 0 Å². The molecule has 0 aliphatic carbocycles. The molecule has 0 N–H and O–H groups in total. The molecule has 0 rings (SSSR count). The van der Waals surface area contributed by atoms with Crippen molar-refractivity contribution in [2.45, 2.75) is 59.3 Å². The van der Waals surface area contributed by atoms with E-state index in [0.717, 1.165) is 0 Å². The normalized spacial score (nSPS) is 11.6. The zero-order chi connectivity index (χ0) is 9.45. The van der Waals surface area contributed by atoms with Crippen LogP contribution in [0.3, 0.4) is 0 Å². The summed E-state index contributed by atoms with van der Waals surface area (Å²) in [5, 5.41) is 0. The van der Waals surface area contributed by atoms with Gasteiger partial charge in [-0.05, 0) is 11.8 Å². The molecule has 0 radical (unpaired) electrons. The van der Waals surface area contributed by atoms with Crippen molar-refractivity contribution < 1.29 is 0 Å². The van der Waals surface area contributed by atoms with Crippen LogP contribution in [0.2, 0.25) is 0 Å². The Kier molecular flexibility index (Phi) is 6.14. The summed E-state index contributed by atoms with van der Waals surface area (Å²) in [6.45, 7) is 10.6. The van der Waals surface area contributed by atoms with Gasteiger partial charge < -0.3 is 0 Å². The monoisotopic (exact) mass is 168 g/mol. The molecule has 0 spiro atoms. The second-order valence-corrected chi connectivity index (χ2v) is 4.36. The predicted molar refractivity (Wildman–Crippen MR) is 57.4 cm³/mol. The topological polar surface area (TPSA) is 0 Å². The first kappa shape index (κ1) is 11.7. The Balaban J connectivity index is 3.25. The van der Waals surface area contributed by atoms with E-state index in [1.807, 2.05) is 0 Å². The summed E-state index contributed by atoms with van der Waals surface area (Å²) in [4.78, 5) is 0. The minimum atomic E-state index is 0.353. The SMILES string of the molecule is C=CC(C)(C)CCCCCCC. The zero-order valence-corrected chi connectivity index (χ0v) is 9.03. The number of rotatable bonds is 7. The fourth-order valence-electron chi connectivity index (χ4n) is 1.29. The summed E-state index contributed by atoms with van der Waals surface area (Å²) in [5.74, 6) is 0. The molecule has 0 atom stereocenters. The second-order valence-electron chi connectivity index (χ2n) is 4.36. The molecule has 72 valence electrons. The Morgan fingerprint density at radius 3 is 2.17 bits per heavy atom. The van der Waals surface area contributed by atoms with Gasteiger partial charge in [0.2, 0.25) is 0 Å². The Hall–Kier alpha value is -0.260. The Morgan fingerprint density at radius 2 is 1.67 bits per heavy atom. The Bertz CT molecular complexity index is 111. The first-order valence-corrected chi connectivity index (χ1v) is 5.26. The predicted octanol–water partition coefficient (Wildman–Crippen LogP) is 4.56. The van der Waals surface area contributed by atoms with Gasteiger partial charge in [0.25, 0.3) is 0 Å². The molecular weight excluding hydrogens is 144 g/mol. The van der Waals surface area contributed by atoms with E-state index >= 15 is 0 Å². The average Bonchev–Trinajstić information content (AvgIpc) is 2.04. The summed E-state index contributed by atoms with van der Waals surface area (Å²) in [6, 6.07) is 0. The highest BCUT2D eigenvalue weighted by Gasteiger charge is 2.10. The van der Waals surface area contributed by atoms with Crippen LogP contribution in [0.15, 0.2) is 12.7 Å². The molecule has 0 aromatic heterocycles. The minimum Gasteiger partial charge on any atom is -0.103 e. The summed E-state index contributed by atoms with van der Waals surface area (Å²) in [5.41, 5.74) is 0.353. The van der Waals surface area contributed by atoms with Crippen molar-refractivity contribution in [1.29, 1.82) is 0 Å². The maximum absolute atomic E-state index is 3.85. The highest BCUT2D eigenvalue weighted by molar-refractivity contribution is 4.86. The van der Waals surface area contributed by atoms with Gasteiger partial charge >= 0.3 is 0 Å². The molecular formula is C12H24. The molecule has 0 unspecified atom stereocenters. The summed E-state index contributed by atoms with van der Waals surface area (Å²) < 4.78 is 0. The van der Waals surface area contributed by atoms with Crippen molar-refractivity contribution in [2.24, 2.45) is 5.41 Å². The van der Waals surface area contributed by atoms with Crippen LogP contribution in [-0.4, -0.2) is 0 Å². The quantitative estimate of drug-likeness (QED) is 0.386. The van der Waals surface area contributed by atoms with E-state index in [1.165, 1.54) is 38.5 Å². The fraction of sp³-hybridized carbons (Fsp3) is 0.833. The van der Waals surface area contributed by atoms with E-state index in [-0.39, 0.29) is 0 Å². The van der Waals surface area contributed by atoms with E-state index in [2.05, 4.69) is 33.4 Å². The maximum Gasteiger partial charge on any atom is -0.0178 e. The maximum atomic E-state index is 3.85. The molecule has 0 nitrogen and oxygen atoms in total. The molecule has 0 aromatic rings. The lowest BCUT2D eigenvalue weighted by molar-refractivity contribution is 0.409. The lowest BCUT2D eigenvalue weighted by Crippen LogP contribution is -2.05. The summed E-state index contributed by atoms with van der Waals surface area (Å²) in [6.07, 6.45) is 10.3. The average molecular weight is 168 g/mol. The van der Waals surface area contributed by atoms with Crippen LogP contribution in [0.1, 0.15) is 59.3 Å². The second kappa shape index (κ2) is 6.28. The van der Waals surface area contributed by atoms with E-state index < -0.39 is 0 Å². The van der Waals surface area contributed by atoms with Crippen molar-refractivity contribution in [3.8, 4) is 0 Å². The van der Waals surface area contributed by atoms with Gasteiger partial charge in [-0.3, -0.25) is 0 Å². The van der Waals surface area contributed by atoms with Gasteiger partial charge in [-0.15, -0.1) is 6.58 Å². The highest BCUT2D eigenvalue weighted by atomic mass is 14.2.